The molecule has 4 aliphatic rings. The van der Waals surface area contributed by atoms with E-state index in [0.29, 0.717) is 18.9 Å². The van der Waals surface area contributed by atoms with Crippen molar-refractivity contribution in [1.29, 1.82) is 0 Å². The van der Waals surface area contributed by atoms with Crippen LogP contribution in [0.15, 0.2) is 53.1 Å². The number of carbonyl (C=O) groups excluding carboxylic acids is 1. The van der Waals surface area contributed by atoms with Crippen molar-refractivity contribution in [3.8, 4) is 16.9 Å². The maximum atomic E-state index is 12.9. The highest BCUT2D eigenvalue weighted by molar-refractivity contribution is 5.94. The van der Waals surface area contributed by atoms with E-state index < -0.39 is 5.54 Å². The van der Waals surface area contributed by atoms with Crippen LogP contribution < -0.4 is 10.1 Å². The Morgan fingerprint density at radius 2 is 2.03 bits per heavy atom. The molecule has 6 nitrogen and oxygen atoms in total. The number of nitrogens with one attached hydrogen (secondary N) is 1. The second-order valence-electron chi connectivity index (χ2n) is 9.49. The van der Waals surface area contributed by atoms with Crippen molar-refractivity contribution in [2.45, 2.75) is 37.8 Å². The number of fused-ring (bicyclic) bond motifs is 5. The largest absolute Gasteiger partial charge is 0.493 e. The van der Waals surface area contributed by atoms with Crippen LogP contribution in [-0.4, -0.2) is 43.3 Å². The van der Waals surface area contributed by atoms with E-state index in [9.17, 15) is 4.79 Å². The molecule has 2 aromatic carbocycles. The average molecular weight is 433 g/mol. The van der Waals surface area contributed by atoms with Crippen LogP contribution in [0, 0.1) is 5.92 Å². The van der Waals surface area contributed by atoms with Gasteiger partial charge < -0.3 is 19.2 Å². The molecule has 7 rings (SSSR count). The van der Waals surface area contributed by atoms with Crippen molar-refractivity contribution in [2.75, 3.05) is 26.2 Å². The fraction of sp³-hybridized carbons (Fsp3) is 0.423. The number of piperidine rings is 3. The van der Waals surface area contributed by atoms with Crippen LogP contribution in [0.5, 0.6) is 5.75 Å². The second-order valence-corrected chi connectivity index (χ2v) is 9.49. The van der Waals surface area contributed by atoms with Gasteiger partial charge in [0.2, 0.25) is 0 Å². The van der Waals surface area contributed by atoms with Crippen LogP contribution in [0.3, 0.4) is 0 Å². The molecule has 6 heteroatoms. The van der Waals surface area contributed by atoms with Crippen molar-refractivity contribution < 1.29 is 18.7 Å². The van der Waals surface area contributed by atoms with E-state index in [1.165, 1.54) is 0 Å². The van der Waals surface area contributed by atoms with Crippen LogP contribution in [-0.2, 0) is 10.3 Å². The van der Waals surface area contributed by atoms with Crippen molar-refractivity contribution in [2.24, 2.45) is 5.92 Å². The average Bonchev–Trinajstić information content (AvgIpc) is 3.24. The SMILES string of the molecule is CC1(NC(=O)O[C@@H]2CN3CCC2CC3)CCOc2cc(-c3coc4ccccc34)ccc21. The van der Waals surface area contributed by atoms with Crippen LogP contribution >= 0.6 is 0 Å². The van der Waals surface area contributed by atoms with Crippen LogP contribution in [0.25, 0.3) is 22.1 Å². The van der Waals surface area contributed by atoms with Gasteiger partial charge in [0.15, 0.2) is 0 Å². The number of amides is 1. The summed E-state index contributed by atoms with van der Waals surface area (Å²) in [5.41, 5.74) is 3.38. The van der Waals surface area contributed by atoms with E-state index in [1.54, 1.807) is 6.26 Å². The second kappa shape index (κ2) is 7.55. The smallest absolute Gasteiger partial charge is 0.408 e. The van der Waals surface area contributed by atoms with Crippen molar-refractivity contribution in [1.82, 2.24) is 10.2 Å². The maximum absolute atomic E-state index is 12.9. The van der Waals surface area contributed by atoms with Gasteiger partial charge in [-0.3, -0.25) is 4.90 Å². The molecule has 166 valence electrons. The summed E-state index contributed by atoms with van der Waals surface area (Å²) in [5.74, 6) is 1.29. The Balaban J connectivity index is 1.23. The zero-order valence-electron chi connectivity index (χ0n) is 18.3. The fourth-order valence-electron chi connectivity index (χ4n) is 5.53. The minimum Gasteiger partial charge on any atom is -0.493 e. The lowest BCUT2D eigenvalue weighted by Gasteiger charge is -2.44. The van der Waals surface area contributed by atoms with Crippen molar-refractivity contribution >= 4 is 17.1 Å². The first-order chi connectivity index (χ1) is 15.6. The number of furan rings is 1. The maximum Gasteiger partial charge on any atom is 0.408 e. The lowest BCUT2D eigenvalue weighted by atomic mass is 9.85. The van der Waals surface area contributed by atoms with Gasteiger partial charge in [-0.25, -0.2) is 4.79 Å². The molecule has 32 heavy (non-hydrogen) atoms. The topological polar surface area (TPSA) is 63.9 Å². The van der Waals surface area contributed by atoms with Crippen LogP contribution in [0.2, 0.25) is 0 Å². The third-order valence-electron chi connectivity index (χ3n) is 7.46. The monoisotopic (exact) mass is 432 g/mol. The number of para-hydroxylation sites is 1. The molecule has 4 aliphatic heterocycles. The third kappa shape index (κ3) is 3.34. The number of hydrogen-bond acceptors (Lipinski definition) is 5. The molecule has 0 radical (unpaired) electrons. The molecule has 2 bridgehead atoms. The van der Waals surface area contributed by atoms with Crippen LogP contribution in [0.4, 0.5) is 4.79 Å². The van der Waals surface area contributed by atoms with Gasteiger partial charge in [0.1, 0.15) is 17.4 Å². The Morgan fingerprint density at radius 1 is 1.19 bits per heavy atom. The van der Waals surface area contributed by atoms with E-state index in [-0.39, 0.29) is 12.2 Å². The summed E-state index contributed by atoms with van der Waals surface area (Å²) in [6.07, 6.45) is 4.40. The highest BCUT2D eigenvalue weighted by atomic mass is 16.6. The summed E-state index contributed by atoms with van der Waals surface area (Å²) >= 11 is 0. The summed E-state index contributed by atoms with van der Waals surface area (Å²) in [6.45, 7) is 5.71. The number of rotatable bonds is 3. The highest BCUT2D eigenvalue weighted by Crippen LogP contribution is 2.41. The number of alkyl carbamates (subject to hydrolysis) is 1. The fourth-order valence-corrected chi connectivity index (χ4v) is 5.53. The zero-order valence-corrected chi connectivity index (χ0v) is 18.3. The van der Waals surface area contributed by atoms with Gasteiger partial charge >= 0.3 is 6.09 Å². The summed E-state index contributed by atoms with van der Waals surface area (Å²) < 4.78 is 17.6. The van der Waals surface area contributed by atoms with E-state index in [1.807, 2.05) is 24.3 Å². The molecule has 1 N–H and O–H groups in total. The zero-order chi connectivity index (χ0) is 21.7. The number of ether oxygens (including phenoxy) is 2. The first-order valence-corrected chi connectivity index (χ1v) is 11.5. The molecule has 3 saturated heterocycles. The molecule has 3 fully saturated rings. The van der Waals surface area contributed by atoms with Gasteiger partial charge in [0.25, 0.3) is 0 Å². The summed E-state index contributed by atoms with van der Waals surface area (Å²) in [4.78, 5) is 15.3. The van der Waals surface area contributed by atoms with Gasteiger partial charge in [-0.05, 0) is 56.5 Å². The lowest BCUT2D eigenvalue weighted by Crippen LogP contribution is -2.54. The molecular formula is C26H28N2O4. The van der Waals surface area contributed by atoms with E-state index >= 15 is 0 Å². The van der Waals surface area contributed by atoms with E-state index in [4.69, 9.17) is 13.9 Å². The molecule has 1 unspecified atom stereocenters. The standard InChI is InChI=1S/C26H28N2O4/c1-26(27-25(29)32-24-15-28-11-8-17(24)9-12-28)10-13-30-23-14-18(6-7-21(23)26)20-16-31-22-5-3-2-4-19(20)22/h2-7,14,16-17,24H,8-13,15H2,1H3,(H,27,29)/t24-,26?/m1/s1. The minimum absolute atomic E-state index is 0.00263. The Hall–Kier alpha value is -2.99. The molecule has 0 aliphatic carbocycles. The predicted molar refractivity (Wildman–Crippen MR) is 122 cm³/mol. The molecular weight excluding hydrogens is 404 g/mol. The number of carbonyl (C=O) groups is 1. The third-order valence-corrected chi connectivity index (χ3v) is 7.46. The molecule has 1 amide bonds. The minimum atomic E-state index is -0.532. The molecule has 5 heterocycles. The van der Waals surface area contributed by atoms with Gasteiger partial charge in [0.05, 0.1) is 18.4 Å². The van der Waals surface area contributed by atoms with E-state index in [0.717, 1.165) is 65.9 Å². The number of benzene rings is 2. The Morgan fingerprint density at radius 3 is 2.84 bits per heavy atom. The van der Waals surface area contributed by atoms with Gasteiger partial charge in [-0.1, -0.05) is 30.3 Å². The Labute approximate surface area is 187 Å². The first-order valence-electron chi connectivity index (χ1n) is 11.5. The quantitative estimate of drug-likeness (QED) is 0.637. The normalized spacial score (nSPS) is 28.7. The molecule has 0 saturated carbocycles. The van der Waals surface area contributed by atoms with Gasteiger partial charge in [-0.15, -0.1) is 0 Å². The van der Waals surface area contributed by atoms with Crippen molar-refractivity contribution in [3.63, 3.8) is 0 Å². The lowest BCUT2D eigenvalue weighted by molar-refractivity contribution is -0.0358. The molecule has 0 spiro atoms. The Bertz CT molecular complexity index is 1160. The highest BCUT2D eigenvalue weighted by Gasteiger charge is 2.39. The Kier molecular flexibility index (Phi) is 4.65. The molecule has 3 aromatic rings. The number of hydrogen-bond donors (Lipinski definition) is 1. The molecule has 2 atom stereocenters. The van der Waals surface area contributed by atoms with Crippen molar-refractivity contribution in [3.05, 3.63) is 54.3 Å². The number of nitrogens with zero attached hydrogens (tertiary/aromatic N) is 1. The first kappa shape index (κ1) is 19.7. The molecule has 1 aromatic heterocycles. The summed E-state index contributed by atoms with van der Waals surface area (Å²) in [5, 5.41) is 4.24. The van der Waals surface area contributed by atoms with Crippen LogP contribution in [0.1, 0.15) is 31.7 Å². The summed E-state index contributed by atoms with van der Waals surface area (Å²) in [6, 6.07) is 14.2. The predicted octanol–water partition coefficient (Wildman–Crippen LogP) is 4.92. The summed E-state index contributed by atoms with van der Waals surface area (Å²) in [7, 11) is 0. The van der Waals surface area contributed by atoms with Gasteiger partial charge in [-0.2, -0.15) is 0 Å². The van der Waals surface area contributed by atoms with Gasteiger partial charge in [0, 0.05) is 29.5 Å². The van der Waals surface area contributed by atoms with E-state index in [2.05, 4.69) is 35.3 Å².